The molecule has 164 valence electrons. The first-order valence-corrected chi connectivity index (χ1v) is 10.3. The van der Waals surface area contributed by atoms with Crippen molar-refractivity contribution in [1.82, 2.24) is 20.6 Å². The van der Waals surface area contributed by atoms with Crippen molar-refractivity contribution in [1.29, 1.82) is 5.26 Å². The Kier molecular flexibility index (Phi) is 7.86. The number of hydrogen-bond donors (Lipinski definition) is 2. The maximum Gasteiger partial charge on any atom is 0.426 e. The van der Waals surface area contributed by atoms with E-state index >= 15 is 0 Å². The number of ether oxygens (including phenoxy) is 1. The van der Waals surface area contributed by atoms with Crippen LogP contribution in [0.15, 0.2) is 0 Å². The van der Waals surface area contributed by atoms with Crippen molar-refractivity contribution >= 4 is 12.0 Å². The second-order valence-corrected chi connectivity index (χ2v) is 9.38. The molecule has 2 aliphatic rings. The zero-order chi connectivity index (χ0) is 21.7. The summed E-state index contributed by atoms with van der Waals surface area (Å²) in [5, 5.41) is 16.9. The molecule has 0 spiro atoms. The topological polar surface area (TPSA) is 107 Å². The largest absolute Gasteiger partial charge is 0.426 e. The van der Waals surface area contributed by atoms with Crippen LogP contribution in [0.3, 0.4) is 0 Å². The van der Waals surface area contributed by atoms with Gasteiger partial charge in [-0.25, -0.2) is 4.79 Å². The van der Waals surface area contributed by atoms with E-state index in [2.05, 4.69) is 35.5 Å². The van der Waals surface area contributed by atoms with Gasteiger partial charge < -0.3 is 20.2 Å². The van der Waals surface area contributed by atoms with Crippen molar-refractivity contribution in [2.45, 2.75) is 65.1 Å². The fourth-order valence-electron chi connectivity index (χ4n) is 3.57. The van der Waals surface area contributed by atoms with Gasteiger partial charge >= 0.3 is 6.09 Å². The zero-order valence-corrected chi connectivity index (χ0v) is 18.3. The Bertz CT molecular complexity index is 621. The third-order valence-electron chi connectivity index (χ3n) is 5.21. The van der Waals surface area contributed by atoms with Crippen LogP contribution >= 0.6 is 0 Å². The molecule has 2 atom stereocenters. The summed E-state index contributed by atoms with van der Waals surface area (Å²) in [6.45, 7) is 13.3. The smallest absolute Gasteiger partial charge is 0.379 e. The predicted molar refractivity (Wildman–Crippen MR) is 108 cm³/mol. The number of nitrogens with one attached hydrogen (secondary N) is 2. The molecule has 2 amide bonds. The second-order valence-electron chi connectivity index (χ2n) is 9.38. The van der Waals surface area contributed by atoms with Crippen molar-refractivity contribution in [3.8, 4) is 6.07 Å². The van der Waals surface area contributed by atoms with Crippen molar-refractivity contribution in [2.75, 3.05) is 39.4 Å². The van der Waals surface area contributed by atoms with Crippen LogP contribution in [-0.4, -0.2) is 79.0 Å². The van der Waals surface area contributed by atoms with Crippen molar-refractivity contribution < 1.29 is 19.2 Å². The van der Waals surface area contributed by atoms with Gasteiger partial charge in [0.1, 0.15) is 11.6 Å². The highest BCUT2D eigenvalue weighted by Gasteiger charge is 2.42. The maximum atomic E-state index is 13.1. The van der Waals surface area contributed by atoms with E-state index in [1.54, 1.807) is 0 Å². The lowest BCUT2D eigenvalue weighted by Gasteiger charge is -2.31. The second kappa shape index (κ2) is 9.74. The molecule has 0 saturated carbocycles. The molecule has 2 heterocycles. The molecule has 0 radical (unpaired) electrons. The zero-order valence-electron chi connectivity index (χ0n) is 18.3. The molecular formula is C20H35N5O4. The van der Waals surface area contributed by atoms with Gasteiger partial charge in [0.2, 0.25) is 5.91 Å². The van der Waals surface area contributed by atoms with Crippen LogP contribution in [-0.2, 0) is 14.4 Å². The number of hydrogen-bond acceptors (Lipinski definition) is 7. The Morgan fingerprint density at radius 3 is 2.41 bits per heavy atom. The Morgan fingerprint density at radius 1 is 1.24 bits per heavy atom. The molecule has 2 fully saturated rings. The van der Waals surface area contributed by atoms with Crippen LogP contribution in [0.5, 0.6) is 0 Å². The van der Waals surface area contributed by atoms with Gasteiger partial charge in [-0.15, -0.1) is 5.06 Å². The molecule has 2 aliphatic heterocycles. The van der Waals surface area contributed by atoms with Crippen LogP contribution in [0.1, 0.15) is 47.5 Å². The average Bonchev–Trinajstić information content (AvgIpc) is 3.06. The van der Waals surface area contributed by atoms with Crippen LogP contribution in [0.25, 0.3) is 0 Å². The van der Waals surface area contributed by atoms with E-state index in [9.17, 15) is 14.9 Å². The Balaban J connectivity index is 2.03. The number of nitrogens with zero attached hydrogens (tertiary/aromatic N) is 3. The minimum absolute atomic E-state index is 0.201. The minimum atomic E-state index is -0.937. The molecular weight excluding hydrogens is 374 g/mol. The van der Waals surface area contributed by atoms with E-state index in [1.807, 2.05) is 20.8 Å². The molecule has 0 bridgehead atoms. The number of carbonyl (C=O) groups excluding carboxylic acids is 2. The molecule has 2 rings (SSSR count). The summed E-state index contributed by atoms with van der Waals surface area (Å²) in [5.41, 5.74) is -1.14. The molecule has 9 nitrogen and oxygen atoms in total. The lowest BCUT2D eigenvalue weighted by atomic mass is 9.87. The summed E-state index contributed by atoms with van der Waals surface area (Å²) in [6, 6.07) is 1.80. The standard InChI is InChI=1S/C20H35N5O4/c1-15(2)24-7-6-20(13-21,14-24)23-17(26)16(12-19(3,4)5)22-18(27)29-25-8-10-28-11-9-25/h15-16H,6-12,14H2,1-5H3,(H,22,27)(H,23,26). The van der Waals surface area contributed by atoms with Crippen LogP contribution in [0, 0.1) is 16.7 Å². The third kappa shape index (κ3) is 7.14. The van der Waals surface area contributed by atoms with Gasteiger partial charge in [-0.05, 0) is 32.1 Å². The van der Waals surface area contributed by atoms with Gasteiger partial charge in [0.15, 0.2) is 0 Å². The molecule has 2 saturated heterocycles. The van der Waals surface area contributed by atoms with Gasteiger partial charge in [-0.3, -0.25) is 9.69 Å². The summed E-state index contributed by atoms with van der Waals surface area (Å²) < 4.78 is 5.24. The number of likely N-dealkylation sites (tertiary alicyclic amines) is 1. The van der Waals surface area contributed by atoms with Crippen molar-refractivity contribution in [2.24, 2.45) is 5.41 Å². The normalized spacial score (nSPS) is 24.7. The predicted octanol–water partition coefficient (Wildman–Crippen LogP) is 1.26. The summed E-state index contributed by atoms with van der Waals surface area (Å²) in [5.74, 6) is -0.356. The highest BCUT2D eigenvalue weighted by Crippen LogP contribution is 2.25. The first-order chi connectivity index (χ1) is 13.5. The number of carbonyl (C=O) groups is 2. The van der Waals surface area contributed by atoms with Crippen LogP contribution in [0.2, 0.25) is 0 Å². The van der Waals surface area contributed by atoms with Crippen LogP contribution in [0.4, 0.5) is 4.79 Å². The molecule has 2 N–H and O–H groups in total. The highest BCUT2D eigenvalue weighted by molar-refractivity contribution is 5.86. The van der Waals surface area contributed by atoms with E-state index in [0.29, 0.717) is 51.7 Å². The lowest BCUT2D eigenvalue weighted by molar-refractivity contribution is -0.147. The number of rotatable bonds is 6. The lowest BCUT2D eigenvalue weighted by Crippen LogP contribution is -2.57. The summed E-state index contributed by atoms with van der Waals surface area (Å²) in [6.07, 6.45) is 0.317. The Hall–Kier alpha value is -1.89. The van der Waals surface area contributed by atoms with Crippen LogP contribution < -0.4 is 10.6 Å². The van der Waals surface area contributed by atoms with Crippen molar-refractivity contribution in [3.05, 3.63) is 0 Å². The molecule has 0 aromatic carbocycles. The molecule has 29 heavy (non-hydrogen) atoms. The quantitative estimate of drug-likeness (QED) is 0.680. The highest BCUT2D eigenvalue weighted by atomic mass is 16.7. The average molecular weight is 410 g/mol. The molecule has 9 heteroatoms. The first-order valence-electron chi connectivity index (χ1n) is 10.3. The van der Waals surface area contributed by atoms with E-state index in [4.69, 9.17) is 9.57 Å². The van der Waals surface area contributed by atoms with E-state index in [-0.39, 0.29) is 11.3 Å². The van der Waals surface area contributed by atoms with Gasteiger partial charge in [0.25, 0.3) is 0 Å². The molecule has 2 unspecified atom stereocenters. The monoisotopic (exact) mass is 409 g/mol. The number of morpholine rings is 1. The SMILES string of the molecule is CC(C)N1CCC(C#N)(NC(=O)C(CC(C)(C)C)NC(=O)ON2CCOCC2)C1. The van der Waals surface area contributed by atoms with E-state index in [0.717, 1.165) is 6.54 Å². The minimum Gasteiger partial charge on any atom is -0.379 e. The van der Waals surface area contributed by atoms with Gasteiger partial charge in [-0.2, -0.15) is 5.26 Å². The Morgan fingerprint density at radius 2 is 1.90 bits per heavy atom. The van der Waals surface area contributed by atoms with Gasteiger partial charge in [0.05, 0.1) is 32.4 Å². The number of nitriles is 1. The summed E-state index contributed by atoms with van der Waals surface area (Å²) in [4.78, 5) is 32.9. The summed E-state index contributed by atoms with van der Waals surface area (Å²) >= 11 is 0. The van der Waals surface area contributed by atoms with Gasteiger partial charge in [-0.1, -0.05) is 20.8 Å². The van der Waals surface area contributed by atoms with E-state index < -0.39 is 17.7 Å². The van der Waals surface area contributed by atoms with Crippen molar-refractivity contribution in [3.63, 3.8) is 0 Å². The molecule has 0 aromatic heterocycles. The van der Waals surface area contributed by atoms with Gasteiger partial charge in [0, 0.05) is 19.1 Å². The number of amides is 2. The molecule has 0 aliphatic carbocycles. The molecule has 0 aromatic rings. The van der Waals surface area contributed by atoms with E-state index in [1.165, 1.54) is 5.06 Å². The summed E-state index contributed by atoms with van der Waals surface area (Å²) in [7, 11) is 0. The fourth-order valence-corrected chi connectivity index (χ4v) is 3.57. The maximum absolute atomic E-state index is 13.1. The first kappa shape index (κ1) is 23.4. The number of hydroxylamine groups is 2. The fraction of sp³-hybridized carbons (Fsp3) is 0.850. The Labute approximate surface area is 173 Å². The third-order valence-corrected chi connectivity index (χ3v) is 5.21.